The third-order valence-electron chi connectivity index (χ3n) is 2.15. The third kappa shape index (κ3) is 5.29. The summed E-state index contributed by atoms with van der Waals surface area (Å²) in [4.78, 5) is 10.9. The predicted molar refractivity (Wildman–Crippen MR) is 70.9 cm³/mol. The Kier molecular flexibility index (Phi) is 4.44. The molecule has 0 bridgehead atoms. The Bertz CT molecular complexity index is 402. The van der Waals surface area contributed by atoms with Crippen molar-refractivity contribution in [1.82, 2.24) is 5.43 Å². The first kappa shape index (κ1) is 13.4. The minimum Gasteiger partial charge on any atom is -0.274 e. The molecule has 1 rings (SSSR count). The van der Waals surface area contributed by atoms with Crippen molar-refractivity contribution in [2.45, 2.75) is 34.1 Å². The molecule has 1 aromatic carbocycles. The molecule has 0 saturated heterocycles. The summed E-state index contributed by atoms with van der Waals surface area (Å²) < 4.78 is 0. The van der Waals surface area contributed by atoms with Gasteiger partial charge in [-0.3, -0.25) is 4.79 Å². The number of hydrazone groups is 1. The number of hydrogen-bond acceptors (Lipinski definition) is 2. The van der Waals surface area contributed by atoms with Gasteiger partial charge in [0.1, 0.15) is 0 Å². The van der Waals surface area contributed by atoms with E-state index in [2.05, 4.69) is 31.3 Å². The minimum atomic E-state index is -0.146. The van der Waals surface area contributed by atoms with Gasteiger partial charge in [0.05, 0.1) is 5.71 Å². The van der Waals surface area contributed by atoms with E-state index in [1.54, 1.807) is 0 Å². The van der Waals surface area contributed by atoms with E-state index in [-0.39, 0.29) is 11.3 Å². The zero-order valence-electron chi connectivity index (χ0n) is 10.9. The second kappa shape index (κ2) is 5.62. The fourth-order valence-corrected chi connectivity index (χ4v) is 1.49. The quantitative estimate of drug-likeness (QED) is 0.631. The van der Waals surface area contributed by atoms with Crippen molar-refractivity contribution in [3.8, 4) is 0 Å². The van der Waals surface area contributed by atoms with Crippen LogP contribution < -0.4 is 5.43 Å². The van der Waals surface area contributed by atoms with E-state index in [9.17, 15) is 4.79 Å². The number of carbonyl (C=O) groups is 1. The highest BCUT2D eigenvalue weighted by Crippen LogP contribution is 2.21. The van der Waals surface area contributed by atoms with Gasteiger partial charge < -0.3 is 0 Å². The summed E-state index contributed by atoms with van der Waals surface area (Å²) in [7, 11) is 0. The molecular formula is C14H20N2O. The summed E-state index contributed by atoms with van der Waals surface area (Å²) in [6.45, 7) is 7.92. The van der Waals surface area contributed by atoms with Crippen molar-refractivity contribution in [2.75, 3.05) is 0 Å². The van der Waals surface area contributed by atoms with E-state index in [0.29, 0.717) is 0 Å². The topological polar surface area (TPSA) is 41.5 Å². The minimum absolute atomic E-state index is 0.132. The maximum absolute atomic E-state index is 10.9. The first-order chi connectivity index (χ1) is 7.88. The van der Waals surface area contributed by atoms with Crippen LogP contribution >= 0.6 is 0 Å². The lowest BCUT2D eigenvalue weighted by atomic mass is 9.87. The second-order valence-electron chi connectivity index (χ2n) is 5.33. The maximum Gasteiger partial charge on any atom is 0.236 e. The first-order valence-corrected chi connectivity index (χ1v) is 5.77. The van der Waals surface area contributed by atoms with Crippen LogP contribution in [-0.4, -0.2) is 11.6 Å². The van der Waals surface area contributed by atoms with Crippen molar-refractivity contribution in [2.24, 2.45) is 10.5 Å². The lowest BCUT2D eigenvalue weighted by Gasteiger charge is -2.19. The Labute approximate surface area is 103 Å². The average molecular weight is 232 g/mol. The van der Waals surface area contributed by atoms with Crippen LogP contribution in [0.3, 0.4) is 0 Å². The number of nitrogens with one attached hydrogen (secondary N) is 1. The molecule has 1 amide bonds. The summed E-state index contributed by atoms with van der Waals surface area (Å²) in [6, 6.07) is 9.93. The third-order valence-corrected chi connectivity index (χ3v) is 2.15. The fraction of sp³-hybridized carbons (Fsp3) is 0.429. The Morgan fingerprint density at radius 1 is 1.24 bits per heavy atom. The number of nitrogens with zero attached hydrogens (tertiary/aromatic N) is 1. The smallest absolute Gasteiger partial charge is 0.236 e. The Morgan fingerprint density at radius 3 is 2.29 bits per heavy atom. The molecule has 0 unspecified atom stereocenters. The van der Waals surface area contributed by atoms with Gasteiger partial charge in [-0.2, -0.15) is 5.10 Å². The first-order valence-electron chi connectivity index (χ1n) is 5.77. The second-order valence-corrected chi connectivity index (χ2v) is 5.33. The van der Waals surface area contributed by atoms with E-state index in [1.807, 2.05) is 30.3 Å². The number of benzene rings is 1. The Morgan fingerprint density at radius 2 is 1.82 bits per heavy atom. The molecule has 3 heteroatoms. The van der Waals surface area contributed by atoms with Gasteiger partial charge in [0.25, 0.3) is 0 Å². The lowest BCUT2D eigenvalue weighted by Crippen LogP contribution is -2.20. The van der Waals surface area contributed by atoms with Gasteiger partial charge >= 0.3 is 0 Å². The standard InChI is InChI=1S/C14H20N2O/c1-11(17)15-16-13(10-14(2,3)4)12-8-6-5-7-9-12/h5-9H,10H2,1-4H3,(H,15,17)/b16-13-. The molecule has 0 aromatic heterocycles. The van der Waals surface area contributed by atoms with Crippen molar-refractivity contribution in [3.05, 3.63) is 35.9 Å². The predicted octanol–water partition coefficient (Wildman–Crippen LogP) is 2.96. The number of hydrogen-bond donors (Lipinski definition) is 1. The lowest BCUT2D eigenvalue weighted by molar-refractivity contribution is -0.118. The molecular weight excluding hydrogens is 212 g/mol. The normalized spacial score (nSPS) is 12.4. The summed E-state index contributed by atoms with van der Waals surface area (Å²) >= 11 is 0. The van der Waals surface area contributed by atoms with E-state index in [4.69, 9.17) is 0 Å². The number of carbonyl (C=O) groups excluding carboxylic acids is 1. The Balaban J connectivity index is 2.95. The SMILES string of the molecule is CC(=O)N/N=C(/CC(C)(C)C)c1ccccc1. The van der Waals surface area contributed by atoms with Gasteiger partial charge in [-0.05, 0) is 17.4 Å². The van der Waals surface area contributed by atoms with E-state index in [0.717, 1.165) is 17.7 Å². The molecule has 0 aliphatic rings. The average Bonchev–Trinajstić information content (AvgIpc) is 2.24. The molecule has 0 heterocycles. The van der Waals surface area contributed by atoms with Gasteiger partial charge in [0.2, 0.25) is 5.91 Å². The maximum atomic E-state index is 10.9. The van der Waals surface area contributed by atoms with Gasteiger partial charge in [0, 0.05) is 6.92 Å². The largest absolute Gasteiger partial charge is 0.274 e. The molecule has 0 aliphatic carbocycles. The van der Waals surface area contributed by atoms with Crippen molar-refractivity contribution in [3.63, 3.8) is 0 Å². The highest BCUT2D eigenvalue weighted by molar-refractivity contribution is 6.01. The van der Waals surface area contributed by atoms with E-state index in [1.165, 1.54) is 6.92 Å². The molecule has 0 atom stereocenters. The molecule has 1 aromatic rings. The van der Waals surface area contributed by atoms with Gasteiger partial charge in [-0.25, -0.2) is 5.43 Å². The zero-order valence-corrected chi connectivity index (χ0v) is 10.9. The van der Waals surface area contributed by atoms with Gasteiger partial charge in [0.15, 0.2) is 0 Å². The van der Waals surface area contributed by atoms with Crippen molar-refractivity contribution < 1.29 is 4.79 Å². The van der Waals surface area contributed by atoms with Crippen LogP contribution in [0.4, 0.5) is 0 Å². The molecule has 92 valence electrons. The molecule has 0 spiro atoms. The van der Waals surface area contributed by atoms with Crippen LogP contribution in [-0.2, 0) is 4.79 Å². The highest BCUT2D eigenvalue weighted by atomic mass is 16.2. The van der Waals surface area contributed by atoms with Crippen molar-refractivity contribution in [1.29, 1.82) is 0 Å². The van der Waals surface area contributed by atoms with Crippen LogP contribution in [0.25, 0.3) is 0 Å². The highest BCUT2D eigenvalue weighted by Gasteiger charge is 2.16. The van der Waals surface area contributed by atoms with Crippen LogP contribution in [0.1, 0.15) is 39.7 Å². The molecule has 0 aliphatic heterocycles. The molecule has 17 heavy (non-hydrogen) atoms. The summed E-state index contributed by atoms with van der Waals surface area (Å²) in [5.41, 5.74) is 4.61. The molecule has 0 fully saturated rings. The Hall–Kier alpha value is -1.64. The number of amides is 1. The van der Waals surface area contributed by atoms with Crippen LogP contribution in [0.5, 0.6) is 0 Å². The van der Waals surface area contributed by atoms with Crippen LogP contribution in [0, 0.1) is 5.41 Å². The molecule has 1 N–H and O–H groups in total. The van der Waals surface area contributed by atoms with Crippen LogP contribution in [0.15, 0.2) is 35.4 Å². The monoisotopic (exact) mass is 232 g/mol. The van der Waals surface area contributed by atoms with Crippen LogP contribution in [0.2, 0.25) is 0 Å². The fourth-order valence-electron chi connectivity index (χ4n) is 1.49. The van der Waals surface area contributed by atoms with E-state index >= 15 is 0 Å². The molecule has 3 nitrogen and oxygen atoms in total. The van der Waals surface area contributed by atoms with E-state index < -0.39 is 0 Å². The van der Waals surface area contributed by atoms with Gasteiger partial charge in [-0.15, -0.1) is 0 Å². The summed E-state index contributed by atoms with van der Waals surface area (Å²) in [6.07, 6.45) is 0.817. The number of rotatable bonds is 3. The van der Waals surface area contributed by atoms with Crippen molar-refractivity contribution >= 4 is 11.6 Å². The van der Waals surface area contributed by atoms with Gasteiger partial charge in [-0.1, -0.05) is 51.1 Å². The summed E-state index contributed by atoms with van der Waals surface area (Å²) in [5.74, 6) is -0.146. The zero-order chi connectivity index (χ0) is 12.9. The summed E-state index contributed by atoms with van der Waals surface area (Å²) in [5, 5.41) is 4.20. The molecule has 0 radical (unpaired) electrons. The molecule has 0 saturated carbocycles.